The van der Waals surface area contributed by atoms with E-state index in [0.717, 1.165) is 25.0 Å². The molecule has 0 saturated heterocycles. The smallest absolute Gasteiger partial charge is 0.240 e. The van der Waals surface area contributed by atoms with E-state index < -0.39 is 27.3 Å². The molecule has 146 valence electrons. The van der Waals surface area contributed by atoms with Crippen LogP contribution >= 0.6 is 0 Å². The number of hydrogen-bond donors (Lipinski definition) is 2. The molecule has 2 N–H and O–H groups in total. The van der Waals surface area contributed by atoms with Crippen molar-refractivity contribution in [1.29, 1.82) is 0 Å². The van der Waals surface area contributed by atoms with E-state index in [1.807, 2.05) is 0 Å². The molecule has 0 aromatic heterocycles. The van der Waals surface area contributed by atoms with Crippen LogP contribution in [-0.4, -0.2) is 25.2 Å². The van der Waals surface area contributed by atoms with Crippen molar-refractivity contribution in [2.75, 3.05) is 0 Å². The van der Waals surface area contributed by atoms with Crippen molar-refractivity contribution in [3.8, 4) is 11.1 Å². The normalized spacial score (nSPS) is 20.8. The van der Waals surface area contributed by atoms with Crippen molar-refractivity contribution in [3.63, 3.8) is 0 Å². The molecule has 2 aromatic carbocycles. The molecule has 0 amide bonds. The van der Waals surface area contributed by atoms with Gasteiger partial charge in [-0.3, -0.25) is 0 Å². The summed E-state index contributed by atoms with van der Waals surface area (Å²) < 4.78 is 55.1. The standard InChI is InChI=1S/C20H23F2NO3S/c1-20(2,24)17-4-3-5-19(17)23-27(25,26)15-9-6-13(7-10-15)16-11-8-14(21)12-18(16)22/h6-12,17,19,23-24H,3-5H2,1-2H3/t17-,19+/m0/s1. The molecule has 1 fully saturated rings. The first-order chi connectivity index (χ1) is 12.6. The second kappa shape index (κ2) is 7.30. The molecule has 0 spiro atoms. The van der Waals surface area contributed by atoms with Crippen LogP contribution < -0.4 is 4.72 Å². The number of rotatable bonds is 5. The summed E-state index contributed by atoms with van der Waals surface area (Å²) in [5.74, 6) is -1.53. The van der Waals surface area contributed by atoms with Gasteiger partial charge in [0.15, 0.2) is 0 Å². The van der Waals surface area contributed by atoms with E-state index in [9.17, 15) is 22.3 Å². The number of hydrogen-bond acceptors (Lipinski definition) is 3. The highest BCUT2D eigenvalue weighted by molar-refractivity contribution is 7.89. The molecule has 2 atom stereocenters. The molecule has 0 bridgehead atoms. The maximum absolute atomic E-state index is 13.9. The van der Waals surface area contributed by atoms with Gasteiger partial charge in [0.25, 0.3) is 0 Å². The van der Waals surface area contributed by atoms with Gasteiger partial charge in [0, 0.05) is 23.6 Å². The van der Waals surface area contributed by atoms with Gasteiger partial charge in [-0.2, -0.15) is 0 Å². The van der Waals surface area contributed by atoms with Crippen LogP contribution in [-0.2, 0) is 10.0 Å². The molecule has 2 aromatic rings. The summed E-state index contributed by atoms with van der Waals surface area (Å²) in [5, 5.41) is 10.3. The highest BCUT2D eigenvalue weighted by Crippen LogP contribution is 2.35. The van der Waals surface area contributed by atoms with Gasteiger partial charge in [0.05, 0.1) is 10.5 Å². The van der Waals surface area contributed by atoms with Gasteiger partial charge in [-0.05, 0) is 56.5 Å². The number of halogens is 2. The molecule has 1 aliphatic rings. The highest BCUT2D eigenvalue weighted by atomic mass is 32.2. The monoisotopic (exact) mass is 395 g/mol. The second-order valence-corrected chi connectivity index (χ2v) is 9.28. The Morgan fingerprint density at radius 3 is 2.33 bits per heavy atom. The van der Waals surface area contributed by atoms with Crippen molar-refractivity contribution in [2.45, 2.75) is 49.6 Å². The zero-order valence-corrected chi connectivity index (χ0v) is 16.1. The van der Waals surface area contributed by atoms with Crippen molar-refractivity contribution in [1.82, 2.24) is 4.72 Å². The van der Waals surface area contributed by atoms with Crippen LogP contribution in [0.1, 0.15) is 33.1 Å². The molecule has 27 heavy (non-hydrogen) atoms. The summed E-state index contributed by atoms with van der Waals surface area (Å²) in [6.07, 6.45) is 2.29. The lowest BCUT2D eigenvalue weighted by Gasteiger charge is -2.31. The van der Waals surface area contributed by atoms with E-state index in [1.54, 1.807) is 13.8 Å². The molecule has 0 heterocycles. The van der Waals surface area contributed by atoms with E-state index in [0.29, 0.717) is 12.0 Å². The van der Waals surface area contributed by atoms with Gasteiger partial charge in [-0.1, -0.05) is 18.6 Å². The number of sulfonamides is 1. The average molecular weight is 395 g/mol. The molecule has 1 saturated carbocycles. The SMILES string of the molecule is CC(C)(O)[C@H]1CCC[C@H]1NS(=O)(=O)c1ccc(-c2ccc(F)cc2F)cc1. The Labute approximate surface area is 158 Å². The van der Waals surface area contributed by atoms with Crippen LogP contribution in [0.3, 0.4) is 0 Å². The Morgan fingerprint density at radius 2 is 1.74 bits per heavy atom. The van der Waals surface area contributed by atoms with Crippen molar-refractivity contribution < 1.29 is 22.3 Å². The maximum Gasteiger partial charge on any atom is 0.240 e. The molecular weight excluding hydrogens is 372 g/mol. The third-order valence-corrected chi connectivity index (χ3v) is 6.64. The predicted molar refractivity (Wildman–Crippen MR) is 99.5 cm³/mol. The summed E-state index contributed by atoms with van der Waals surface area (Å²) >= 11 is 0. The Balaban J connectivity index is 1.81. The van der Waals surface area contributed by atoms with E-state index in [4.69, 9.17) is 0 Å². The maximum atomic E-state index is 13.9. The lowest BCUT2D eigenvalue weighted by atomic mass is 9.87. The van der Waals surface area contributed by atoms with Crippen LogP contribution in [0.2, 0.25) is 0 Å². The van der Waals surface area contributed by atoms with Crippen LogP contribution in [0.25, 0.3) is 11.1 Å². The van der Waals surface area contributed by atoms with Crippen LogP contribution in [0.5, 0.6) is 0 Å². The fraction of sp³-hybridized carbons (Fsp3) is 0.400. The first-order valence-corrected chi connectivity index (χ1v) is 10.4. The minimum Gasteiger partial charge on any atom is -0.390 e. The summed E-state index contributed by atoms with van der Waals surface area (Å²) in [6, 6.07) is 8.71. The third-order valence-electron chi connectivity index (χ3n) is 5.14. The molecule has 1 aliphatic carbocycles. The first kappa shape index (κ1) is 19.9. The fourth-order valence-corrected chi connectivity index (χ4v) is 5.06. The second-order valence-electron chi connectivity index (χ2n) is 7.57. The highest BCUT2D eigenvalue weighted by Gasteiger charge is 2.39. The zero-order valence-electron chi connectivity index (χ0n) is 15.2. The Morgan fingerprint density at radius 1 is 1.07 bits per heavy atom. The molecule has 4 nitrogen and oxygen atoms in total. The molecule has 0 radical (unpaired) electrons. The minimum atomic E-state index is -3.77. The average Bonchev–Trinajstić information content (AvgIpc) is 3.03. The van der Waals surface area contributed by atoms with E-state index in [2.05, 4.69) is 4.72 Å². The quantitative estimate of drug-likeness (QED) is 0.808. The molecule has 3 rings (SSSR count). The Bertz CT molecular complexity index is 921. The summed E-state index contributed by atoms with van der Waals surface area (Å²) in [6.45, 7) is 3.38. The zero-order chi connectivity index (χ0) is 19.8. The van der Waals surface area contributed by atoms with Crippen LogP contribution in [0.4, 0.5) is 8.78 Å². The van der Waals surface area contributed by atoms with Crippen LogP contribution in [0, 0.1) is 17.6 Å². The fourth-order valence-electron chi connectivity index (χ4n) is 3.75. The molecule has 0 aliphatic heterocycles. The van der Waals surface area contributed by atoms with Crippen molar-refractivity contribution in [3.05, 3.63) is 54.1 Å². The lowest BCUT2D eigenvalue weighted by Crippen LogP contribution is -2.45. The van der Waals surface area contributed by atoms with Gasteiger partial charge < -0.3 is 5.11 Å². The summed E-state index contributed by atoms with van der Waals surface area (Å²) in [4.78, 5) is 0.0650. The lowest BCUT2D eigenvalue weighted by molar-refractivity contribution is 0.0116. The van der Waals surface area contributed by atoms with Gasteiger partial charge >= 0.3 is 0 Å². The number of benzene rings is 2. The van der Waals surface area contributed by atoms with Crippen LogP contribution in [0.15, 0.2) is 47.4 Å². The van der Waals surface area contributed by atoms with E-state index in [1.165, 1.54) is 30.3 Å². The molecular formula is C20H23F2NO3S. The number of aliphatic hydroxyl groups is 1. The summed E-state index contributed by atoms with van der Waals surface area (Å²) in [7, 11) is -3.77. The van der Waals surface area contributed by atoms with E-state index in [-0.39, 0.29) is 22.4 Å². The molecule has 0 unspecified atom stereocenters. The molecule has 7 heteroatoms. The first-order valence-electron chi connectivity index (χ1n) is 8.88. The topological polar surface area (TPSA) is 66.4 Å². The predicted octanol–water partition coefficient (Wildman–Crippen LogP) is 3.85. The number of nitrogens with one attached hydrogen (secondary N) is 1. The van der Waals surface area contributed by atoms with Gasteiger partial charge in [0.2, 0.25) is 10.0 Å². The largest absolute Gasteiger partial charge is 0.390 e. The minimum absolute atomic E-state index is 0.0650. The third kappa shape index (κ3) is 4.36. The van der Waals surface area contributed by atoms with Gasteiger partial charge in [-0.25, -0.2) is 21.9 Å². The van der Waals surface area contributed by atoms with Crippen molar-refractivity contribution in [2.24, 2.45) is 5.92 Å². The van der Waals surface area contributed by atoms with Gasteiger partial charge in [0.1, 0.15) is 11.6 Å². The van der Waals surface area contributed by atoms with E-state index >= 15 is 0 Å². The Hall–Kier alpha value is -1.83. The van der Waals surface area contributed by atoms with Gasteiger partial charge in [-0.15, -0.1) is 0 Å². The van der Waals surface area contributed by atoms with Crippen molar-refractivity contribution >= 4 is 10.0 Å². The Kier molecular flexibility index (Phi) is 5.38. The summed E-state index contributed by atoms with van der Waals surface area (Å²) in [5.41, 5.74) is -0.305.